The number of morpholine rings is 1. The van der Waals surface area contributed by atoms with E-state index in [9.17, 15) is 0 Å². The van der Waals surface area contributed by atoms with E-state index in [0.717, 1.165) is 32.0 Å². The summed E-state index contributed by atoms with van der Waals surface area (Å²) in [6.45, 7) is 3.93. The molecule has 78 valence electrons. The van der Waals surface area contributed by atoms with E-state index >= 15 is 0 Å². The molecule has 0 aromatic carbocycles. The van der Waals surface area contributed by atoms with Crippen LogP contribution in [0.15, 0.2) is 16.9 Å². The molecule has 0 spiro atoms. The minimum absolute atomic E-state index is 0.164. The molecule has 0 amide bonds. The number of hydrogen-bond acceptors (Lipinski definition) is 5. The van der Waals surface area contributed by atoms with E-state index in [1.807, 2.05) is 6.07 Å². The molecule has 14 heavy (non-hydrogen) atoms. The summed E-state index contributed by atoms with van der Waals surface area (Å²) in [6, 6.07) is 2.03. The summed E-state index contributed by atoms with van der Waals surface area (Å²) in [4.78, 5) is 2.28. The zero-order valence-corrected chi connectivity index (χ0v) is 8.06. The summed E-state index contributed by atoms with van der Waals surface area (Å²) >= 11 is 0. The van der Waals surface area contributed by atoms with Crippen molar-refractivity contribution in [3.63, 3.8) is 0 Å². The van der Waals surface area contributed by atoms with Gasteiger partial charge in [0.1, 0.15) is 12.0 Å². The van der Waals surface area contributed by atoms with Crippen LogP contribution in [0.4, 0.5) is 0 Å². The Hall–Kier alpha value is -0.910. The first-order chi connectivity index (χ1) is 6.92. The molecule has 1 fully saturated rings. The molecule has 1 aromatic heterocycles. The van der Waals surface area contributed by atoms with Gasteiger partial charge in [-0.2, -0.15) is 0 Å². The van der Waals surface area contributed by atoms with E-state index < -0.39 is 0 Å². The second-order valence-corrected chi connectivity index (χ2v) is 3.32. The first kappa shape index (κ1) is 9.64. The molecule has 0 saturated carbocycles. The Balaban J connectivity index is 2.04. The van der Waals surface area contributed by atoms with Crippen molar-refractivity contribution in [1.82, 2.24) is 10.1 Å². The molecule has 2 N–H and O–H groups in total. The molecule has 1 aliphatic rings. The Morgan fingerprint density at radius 1 is 1.50 bits per heavy atom. The van der Waals surface area contributed by atoms with Crippen LogP contribution in [0.25, 0.3) is 0 Å². The SMILES string of the molecule is NCC(c1ccon1)N1CCOCC1. The van der Waals surface area contributed by atoms with Crippen LogP contribution in [0.2, 0.25) is 0 Å². The molecule has 2 heterocycles. The number of nitrogens with zero attached hydrogens (tertiary/aromatic N) is 2. The smallest absolute Gasteiger partial charge is 0.124 e. The summed E-state index contributed by atoms with van der Waals surface area (Å²) in [5.74, 6) is 0. The van der Waals surface area contributed by atoms with Crippen molar-refractivity contribution < 1.29 is 9.26 Å². The molecule has 2 rings (SSSR count). The lowest BCUT2D eigenvalue weighted by molar-refractivity contribution is 0.0165. The minimum Gasteiger partial charge on any atom is -0.379 e. The van der Waals surface area contributed by atoms with Gasteiger partial charge in [0.05, 0.1) is 19.3 Å². The molecular weight excluding hydrogens is 182 g/mol. The maximum absolute atomic E-state index is 5.73. The van der Waals surface area contributed by atoms with Gasteiger partial charge in [0, 0.05) is 25.7 Å². The summed E-state index contributed by atoms with van der Waals surface area (Å²) in [5.41, 5.74) is 6.64. The largest absolute Gasteiger partial charge is 0.379 e. The van der Waals surface area contributed by atoms with Crippen LogP contribution in [-0.2, 0) is 4.74 Å². The highest BCUT2D eigenvalue weighted by atomic mass is 16.5. The van der Waals surface area contributed by atoms with Gasteiger partial charge in [0.15, 0.2) is 0 Å². The molecular formula is C9H15N3O2. The third kappa shape index (κ3) is 1.95. The quantitative estimate of drug-likeness (QED) is 0.739. The van der Waals surface area contributed by atoms with Crippen LogP contribution in [0, 0.1) is 0 Å². The number of rotatable bonds is 3. The van der Waals surface area contributed by atoms with Crippen molar-refractivity contribution in [2.24, 2.45) is 5.73 Å². The lowest BCUT2D eigenvalue weighted by Gasteiger charge is -2.32. The van der Waals surface area contributed by atoms with Gasteiger partial charge in [-0.15, -0.1) is 0 Å². The Kier molecular flexibility index (Phi) is 3.13. The van der Waals surface area contributed by atoms with Crippen molar-refractivity contribution >= 4 is 0 Å². The van der Waals surface area contributed by atoms with Gasteiger partial charge in [-0.25, -0.2) is 0 Å². The molecule has 0 aliphatic carbocycles. The van der Waals surface area contributed by atoms with E-state index in [4.69, 9.17) is 15.0 Å². The molecule has 5 nitrogen and oxygen atoms in total. The molecule has 0 radical (unpaired) electrons. The first-order valence-electron chi connectivity index (χ1n) is 4.84. The van der Waals surface area contributed by atoms with Crippen molar-refractivity contribution in [3.05, 3.63) is 18.0 Å². The maximum Gasteiger partial charge on any atom is 0.124 e. The molecule has 1 saturated heterocycles. The topological polar surface area (TPSA) is 64.5 Å². The van der Waals surface area contributed by atoms with Crippen molar-refractivity contribution in [2.45, 2.75) is 6.04 Å². The fraction of sp³-hybridized carbons (Fsp3) is 0.667. The van der Waals surface area contributed by atoms with E-state index in [1.165, 1.54) is 0 Å². The number of ether oxygens (including phenoxy) is 1. The van der Waals surface area contributed by atoms with E-state index in [2.05, 4.69) is 10.1 Å². The molecule has 5 heteroatoms. The molecule has 1 atom stereocenters. The van der Waals surface area contributed by atoms with Crippen LogP contribution in [0.3, 0.4) is 0 Å². The highest BCUT2D eigenvalue weighted by Crippen LogP contribution is 2.18. The number of nitrogens with two attached hydrogens (primary N) is 1. The third-order valence-corrected chi connectivity index (χ3v) is 2.51. The first-order valence-corrected chi connectivity index (χ1v) is 4.84. The van der Waals surface area contributed by atoms with Gasteiger partial charge >= 0.3 is 0 Å². The lowest BCUT2D eigenvalue weighted by Crippen LogP contribution is -2.41. The lowest BCUT2D eigenvalue weighted by atomic mass is 10.1. The van der Waals surface area contributed by atoms with Crippen LogP contribution in [0.5, 0.6) is 0 Å². The van der Waals surface area contributed by atoms with Crippen molar-refractivity contribution in [3.8, 4) is 0 Å². The Morgan fingerprint density at radius 3 is 2.86 bits per heavy atom. The van der Waals surface area contributed by atoms with Crippen molar-refractivity contribution in [1.29, 1.82) is 0 Å². The summed E-state index contributed by atoms with van der Waals surface area (Å²) in [5, 5.41) is 3.93. The highest BCUT2D eigenvalue weighted by Gasteiger charge is 2.22. The van der Waals surface area contributed by atoms with E-state index in [-0.39, 0.29) is 6.04 Å². The van der Waals surface area contributed by atoms with Crippen LogP contribution in [-0.4, -0.2) is 42.9 Å². The summed E-state index contributed by atoms with van der Waals surface area (Å²) < 4.78 is 10.1. The van der Waals surface area contributed by atoms with Crippen LogP contribution < -0.4 is 5.73 Å². The second kappa shape index (κ2) is 4.54. The normalized spacial score (nSPS) is 20.9. The Bertz CT molecular complexity index is 257. The minimum atomic E-state index is 0.164. The highest BCUT2D eigenvalue weighted by molar-refractivity contribution is 5.04. The van der Waals surface area contributed by atoms with Gasteiger partial charge < -0.3 is 15.0 Å². The standard InChI is InChI=1S/C9H15N3O2/c10-7-9(8-1-4-14-11-8)12-2-5-13-6-3-12/h1,4,9H,2-3,5-7,10H2. The summed E-state index contributed by atoms with van der Waals surface area (Å²) in [7, 11) is 0. The fourth-order valence-corrected chi connectivity index (χ4v) is 1.74. The van der Waals surface area contributed by atoms with Gasteiger partial charge in [-0.3, -0.25) is 4.90 Å². The average molecular weight is 197 g/mol. The van der Waals surface area contributed by atoms with Gasteiger partial charge in [-0.1, -0.05) is 5.16 Å². The molecule has 1 unspecified atom stereocenters. The average Bonchev–Trinajstić information content (AvgIpc) is 2.74. The monoisotopic (exact) mass is 197 g/mol. The maximum atomic E-state index is 5.73. The Morgan fingerprint density at radius 2 is 2.29 bits per heavy atom. The molecule has 1 aromatic rings. The van der Waals surface area contributed by atoms with Gasteiger partial charge in [-0.05, 0) is 0 Å². The predicted molar refractivity (Wildman–Crippen MR) is 50.7 cm³/mol. The van der Waals surface area contributed by atoms with Crippen LogP contribution in [0.1, 0.15) is 11.7 Å². The summed E-state index contributed by atoms with van der Waals surface area (Å²) in [6.07, 6.45) is 1.58. The predicted octanol–water partition coefficient (Wildman–Crippen LogP) is 0.00660. The fourth-order valence-electron chi connectivity index (χ4n) is 1.74. The number of aromatic nitrogens is 1. The Labute approximate surface area is 82.8 Å². The zero-order chi connectivity index (χ0) is 9.80. The van der Waals surface area contributed by atoms with E-state index in [1.54, 1.807) is 6.26 Å². The second-order valence-electron chi connectivity index (χ2n) is 3.32. The van der Waals surface area contributed by atoms with Crippen LogP contribution >= 0.6 is 0 Å². The molecule has 1 aliphatic heterocycles. The van der Waals surface area contributed by atoms with Gasteiger partial charge in [0.25, 0.3) is 0 Å². The zero-order valence-electron chi connectivity index (χ0n) is 8.06. The van der Waals surface area contributed by atoms with Gasteiger partial charge in [0.2, 0.25) is 0 Å². The third-order valence-electron chi connectivity index (χ3n) is 2.51. The van der Waals surface area contributed by atoms with Crippen molar-refractivity contribution in [2.75, 3.05) is 32.8 Å². The number of hydrogen-bond donors (Lipinski definition) is 1. The van der Waals surface area contributed by atoms with E-state index in [0.29, 0.717) is 6.54 Å². The molecule has 0 bridgehead atoms.